The number of β-amino-alcohol motifs (C(OH)–C–C–N with tert-alkyl or cyclic N) is 2. The van der Waals surface area contributed by atoms with Crippen molar-refractivity contribution >= 4 is 5.84 Å². The topological polar surface area (TPSA) is 102 Å². The highest BCUT2D eigenvalue weighted by Gasteiger charge is 2.28. The van der Waals surface area contributed by atoms with Crippen LogP contribution in [0.2, 0.25) is 0 Å². The summed E-state index contributed by atoms with van der Waals surface area (Å²) in [6.07, 6.45) is 0.00634. The number of nitrogens with zero attached hydrogens (tertiary/aromatic N) is 2. The summed E-state index contributed by atoms with van der Waals surface area (Å²) in [5, 5.41) is 29.6. The molecule has 1 aliphatic heterocycles. The minimum Gasteiger partial charge on any atom is -0.409 e. The van der Waals surface area contributed by atoms with Crippen LogP contribution in [0, 0.1) is 0 Å². The van der Waals surface area contributed by atoms with Crippen LogP contribution in [-0.4, -0.2) is 58.0 Å². The Labute approximate surface area is 82.6 Å². The molecule has 0 aromatic heterocycles. The number of hydrogen-bond donors (Lipinski definition) is 4. The number of aliphatic hydroxyl groups is 2. The summed E-state index contributed by atoms with van der Waals surface area (Å²) >= 11 is 0. The minimum atomic E-state index is -0.640. The lowest BCUT2D eigenvalue weighted by Crippen LogP contribution is -2.24. The van der Waals surface area contributed by atoms with E-state index in [0.29, 0.717) is 19.5 Å². The van der Waals surface area contributed by atoms with E-state index in [1.54, 1.807) is 0 Å². The van der Waals surface area contributed by atoms with Crippen LogP contribution in [0.4, 0.5) is 0 Å². The maximum absolute atomic E-state index is 9.24. The monoisotopic (exact) mass is 203 g/mol. The van der Waals surface area contributed by atoms with Gasteiger partial charge in [0, 0.05) is 19.5 Å². The summed E-state index contributed by atoms with van der Waals surface area (Å²) in [6, 6.07) is 0. The molecule has 1 fully saturated rings. The highest BCUT2D eigenvalue weighted by molar-refractivity contribution is 5.79. The van der Waals surface area contributed by atoms with E-state index < -0.39 is 12.2 Å². The number of aliphatic hydroxyl groups excluding tert-OH is 2. The van der Waals surface area contributed by atoms with Crippen molar-refractivity contribution in [1.82, 2.24) is 4.90 Å². The van der Waals surface area contributed by atoms with E-state index >= 15 is 0 Å². The molecule has 6 heteroatoms. The number of oxime groups is 1. The predicted molar refractivity (Wildman–Crippen MR) is 51.1 cm³/mol. The molecule has 1 rings (SSSR count). The zero-order valence-corrected chi connectivity index (χ0v) is 8.00. The van der Waals surface area contributed by atoms with Gasteiger partial charge in [-0.3, -0.25) is 4.90 Å². The maximum Gasteiger partial charge on any atom is 0.139 e. The van der Waals surface area contributed by atoms with Crippen LogP contribution in [0.15, 0.2) is 5.16 Å². The fourth-order valence-corrected chi connectivity index (χ4v) is 1.56. The Balaban J connectivity index is 2.14. The van der Waals surface area contributed by atoms with Crippen LogP contribution in [-0.2, 0) is 0 Å². The van der Waals surface area contributed by atoms with E-state index in [4.69, 9.17) is 10.9 Å². The van der Waals surface area contributed by atoms with Crippen LogP contribution in [0.3, 0.4) is 0 Å². The number of rotatable bonds is 4. The Bertz CT molecular complexity index is 200. The van der Waals surface area contributed by atoms with Crippen molar-refractivity contribution in [2.75, 3.05) is 19.6 Å². The highest BCUT2D eigenvalue weighted by Crippen LogP contribution is 2.10. The average Bonchev–Trinajstić information content (AvgIpc) is 2.46. The van der Waals surface area contributed by atoms with Crippen molar-refractivity contribution in [2.24, 2.45) is 10.9 Å². The van der Waals surface area contributed by atoms with Gasteiger partial charge < -0.3 is 21.2 Å². The summed E-state index contributed by atoms with van der Waals surface area (Å²) in [6.45, 7) is 1.74. The van der Waals surface area contributed by atoms with Gasteiger partial charge in [0.1, 0.15) is 5.84 Å². The molecule has 6 nitrogen and oxygen atoms in total. The van der Waals surface area contributed by atoms with E-state index in [0.717, 1.165) is 13.0 Å². The first-order chi connectivity index (χ1) is 6.63. The van der Waals surface area contributed by atoms with E-state index in [1.165, 1.54) is 0 Å². The molecule has 82 valence electrons. The zero-order valence-electron chi connectivity index (χ0n) is 8.00. The van der Waals surface area contributed by atoms with Gasteiger partial charge in [0.2, 0.25) is 0 Å². The second-order valence-corrected chi connectivity index (χ2v) is 3.59. The first-order valence-corrected chi connectivity index (χ1v) is 4.68. The summed E-state index contributed by atoms with van der Waals surface area (Å²) < 4.78 is 0. The number of likely N-dealkylation sites (tertiary alicyclic amines) is 1. The van der Waals surface area contributed by atoms with E-state index in [-0.39, 0.29) is 5.84 Å². The van der Waals surface area contributed by atoms with Crippen LogP contribution in [0.25, 0.3) is 0 Å². The molecule has 14 heavy (non-hydrogen) atoms. The highest BCUT2D eigenvalue weighted by atomic mass is 16.4. The van der Waals surface area contributed by atoms with Crippen LogP contribution < -0.4 is 5.73 Å². The van der Waals surface area contributed by atoms with E-state index in [1.807, 2.05) is 4.90 Å². The fourth-order valence-electron chi connectivity index (χ4n) is 1.56. The Kier molecular flexibility index (Phi) is 4.12. The molecule has 0 radical (unpaired) electrons. The van der Waals surface area contributed by atoms with E-state index in [2.05, 4.69) is 5.16 Å². The number of hydrogen-bond acceptors (Lipinski definition) is 5. The molecule has 0 aliphatic carbocycles. The van der Waals surface area contributed by atoms with Gasteiger partial charge in [0.15, 0.2) is 0 Å². The normalized spacial score (nSPS) is 29.7. The largest absolute Gasteiger partial charge is 0.409 e. The third-order valence-electron chi connectivity index (χ3n) is 2.37. The lowest BCUT2D eigenvalue weighted by atomic mass is 10.3. The van der Waals surface area contributed by atoms with Crippen LogP contribution >= 0.6 is 0 Å². The molecule has 1 aliphatic rings. The fraction of sp³-hybridized carbons (Fsp3) is 0.875. The smallest absolute Gasteiger partial charge is 0.139 e. The lowest BCUT2D eigenvalue weighted by molar-refractivity contribution is 0.0572. The second kappa shape index (κ2) is 5.14. The molecule has 0 saturated carbocycles. The molecule has 2 atom stereocenters. The molecule has 0 spiro atoms. The van der Waals surface area contributed by atoms with Gasteiger partial charge >= 0.3 is 0 Å². The summed E-state index contributed by atoms with van der Waals surface area (Å²) in [5.41, 5.74) is 5.30. The van der Waals surface area contributed by atoms with Crippen molar-refractivity contribution in [1.29, 1.82) is 0 Å². The second-order valence-electron chi connectivity index (χ2n) is 3.59. The molecule has 0 bridgehead atoms. The van der Waals surface area contributed by atoms with Gasteiger partial charge in [-0.25, -0.2) is 0 Å². The molecule has 2 unspecified atom stereocenters. The third kappa shape index (κ3) is 3.13. The quantitative estimate of drug-likeness (QED) is 0.194. The number of amidine groups is 1. The van der Waals surface area contributed by atoms with Gasteiger partial charge in [-0.1, -0.05) is 5.16 Å². The van der Waals surface area contributed by atoms with Gasteiger partial charge in [0.05, 0.1) is 12.2 Å². The Hall–Kier alpha value is -0.850. The number of nitrogens with two attached hydrogens (primary N) is 1. The van der Waals surface area contributed by atoms with Crippen molar-refractivity contribution in [3.8, 4) is 0 Å². The molecule has 0 aromatic rings. The Morgan fingerprint density at radius 1 is 1.36 bits per heavy atom. The standard InChI is InChI=1S/C8H17N3O3/c9-8(10-14)2-1-3-11-4-6(12)7(13)5-11/h6-7,12-14H,1-5H2,(H2,9,10). The molecule has 5 N–H and O–H groups in total. The van der Waals surface area contributed by atoms with Gasteiger partial charge in [-0.2, -0.15) is 0 Å². The molecular weight excluding hydrogens is 186 g/mol. The van der Waals surface area contributed by atoms with Crippen molar-refractivity contribution < 1.29 is 15.4 Å². The predicted octanol–water partition coefficient (Wildman–Crippen LogP) is -1.45. The van der Waals surface area contributed by atoms with Crippen LogP contribution in [0.5, 0.6) is 0 Å². The SMILES string of the molecule is NC(CCCN1CC(O)C(O)C1)=NO. The summed E-state index contributed by atoms with van der Waals surface area (Å²) in [4.78, 5) is 1.96. The van der Waals surface area contributed by atoms with Crippen molar-refractivity contribution in [3.63, 3.8) is 0 Å². The first-order valence-electron chi connectivity index (χ1n) is 4.68. The average molecular weight is 203 g/mol. The summed E-state index contributed by atoms with van der Waals surface area (Å²) in [7, 11) is 0. The van der Waals surface area contributed by atoms with Gasteiger partial charge in [0.25, 0.3) is 0 Å². The maximum atomic E-state index is 9.24. The molecule has 1 heterocycles. The molecule has 0 aromatic carbocycles. The molecule has 0 amide bonds. The van der Waals surface area contributed by atoms with E-state index in [9.17, 15) is 10.2 Å². The third-order valence-corrected chi connectivity index (χ3v) is 2.37. The van der Waals surface area contributed by atoms with Gasteiger partial charge in [-0.15, -0.1) is 0 Å². The first kappa shape index (κ1) is 11.2. The zero-order chi connectivity index (χ0) is 10.6. The van der Waals surface area contributed by atoms with Crippen LogP contribution in [0.1, 0.15) is 12.8 Å². The van der Waals surface area contributed by atoms with Crippen molar-refractivity contribution in [2.45, 2.75) is 25.0 Å². The Morgan fingerprint density at radius 3 is 2.43 bits per heavy atom. The Morgan fingerprint density at radius 2 is 1.93 bits per heavy atom. The lowest BCUT2D eigenvalue weighted by Gasteiger charge is -2.13. The minimum absolute atomic E-state index is 0.213. The molecule has 1 saturated heterocycles. The van der Waals surface area contributed by atoms with Gasteiger partial charge in [-0.05, 0) is 13.0 Å². The molecular formula is C8H17N3O3. The van der Waals surface area contributed by atoms with Crippen molar-refractivity contribution in [3.05, 3.63) is 0 Å². The summed E-state index contributed by atoms with van der Waals surface area (Å²) in [5.74, 6) is 0.213.